The average molecular weight is 307 g/mol. The van der Waals surface area contributed by atoms with Gasteiger partial charge in [0.05, 0.1) is 24.5 Å². The summed E-state index contributed by atoms with van der Waals surface area (Å²) in [6.45, 7) is 0.903. The molecule has 0 spiro atoms. The summed E-state index contributed by atoms with van der Waals surface area (Å²) in [5.74, 6) is -0.359. The van der Waals surface area contributed by atoms with Crippen LogP contribution in [0.1, 0.15) is 38.5 Å². The van der Waals surface area contributed by atoms with Crippen LogP contribution < -0.4 is 5.32 Å². The molecular weight excluding hydrogens is 286 g/mol. The molecule has 0 aromatic carbocycles. The summed E-state index contributed by atoms with van der Waals surface area (Å²) in [7, 11) is 0. The van der Waals surface area contributed by atoms with Crippen LogP contribution in [0.25, 0.3) is 0 Å². The van der Waals surface area contributed by atoms with Crippen LogP contribution >= 0.6 is 0 Å². The largest absolute Gasteiger partial charge is 0.389 e. The zero-order valence-corrected chi connectivity index (χ0v) is 12.5. The molecule has 0 bridgehead atoms. The van der Waals surface area contributed by atoms with E-state index in [0.29, 0.717) is 31.6 Å². The molecule has 22 heavy (non-hydrogen) atoms. The van der Waals surface area contributed by atoms with E-state index in [1.807, 2.05) is 0 Å². The van der Waals surface area contributed by atoms with Crippen LogP contribution in [-0.2, 0) is 14.4 Å². The first kappa shape index (κ1) is 14.0. The number of nitrogens with zero attached hydrogens (tertiary/aromatic N) is 2. The van der Waals surface area contributed by atoms with Gasteiger partial charge in [0.2, 0.25) is 5.91 Å². The molecule has 4 aliphatic rings. The number of carbonyl (C=O) groups excluding carboxylic acids is 2. The van der Waals surface area contributed by atoms with Gasteiger partial charge in [0, 0.05) is 12.6 Å². The monoisotopic (exact) mass is 307 g/mol. The van der Waals surface area contributed by atoms with Crippen molar-refractivity contribution in [2.45, 2.75) is 56.3 Å². The summed E-state index contributed by atoms with van der Waals surface area (Å²) in [6.07, 6.45) is 4.39. The zero-order valence-electron chi connectivity index (χ0n) is 12.5. The van der Waals surface area contributed by atoms with Crippen molar-refractivity contribution in [3.63, 3.8) is 0 Å². The first-order valence-electron chi connectivity index (χ1n) is 8.09. The van der Waals surface area contributed by atoms with Gasteiger partial charge in [-0.15, -0.1) is 0 Å². The van der Waals surface area contributed by atoms with Gasteiger partial charge >= 0.3 is 0 Å². The third-order valence-electron chi connectivity index (χ3n) is 5.17. The van der Waals surface area contributed by atoms with Gasteiger partial charge in [0.1, 0.15) is 0 Å². The van der Waals surface area contributed by atoms with Gasteiger partial charge < -0.3 is 20.2 Å². The minimum Gasteiger partial charge on any atom is -0.389 e. The maximum atomic E-state index is 12.3. The van der Waals surface area contributed by atoms with Crippen LogP contribution in [-0.4, -0.2) is 58.4 Å². The van der Waals surface area contributed by atoms with Crippen molar-refractivity contribution in [3.05, 3.63) is 0 Å². The Hall–Kier alpha value is -1.63. The molecular formula is C15H21N3O4. The molecule has 2 heterocycles. The van der Waals surface area contributed by atoms with Crippen molar-refractivity contribution in [2.75, 3.05) is 13.1 Å². The molecule has 0 unspecified atom stereocenters. The Balaban J connectivity index is 1.36. The van der Waals surface area contributed by atoms with Crippen molar-refractivity contribution in [3.8, 4) is 0 Å². The highest BCUT2D eigenvalue weighted by molar-refractivity contribution is 6.40. The lowest BCUT2D eigenvalue weighted by molar-refractivity contribution is -0.140. The van der Waals surface area contributed by atoms with Crippen LogP contribution in [0.2, 0.25) is 0 Å². The number of aliphatic hydroxyl groups is 1. The summed E-state index contributed by atoms with van der Waals surface area (Å²) in [5, 5.41) is 17.0. The predicted octanol–water partition coefficient (Wildman–Crippen LogP) is -0.217. The molecule has 2 atom stereocenters. The molecule has 2 aliphatic heterocycles. The standard InChI is InChI=1S/C15H21N3O4/c19-12(6-15(21)4-1-5-15)18-7-10-11(8-18)22-17-13(10)14(20)16-9-2-3-9/h9-11,21H,1-8H2,(H,16,20)/t10-,11+/m0/s1. The molecule has 1 saturated heterocycles. The van der Waals surface area contributed by atoms with E-state index in [1.165, 1.54) is 0 Å². The maximum Gasteiger partial charge on any atom is 0.269 e. The Labute approximate surface area is 128 Å². The molecule has 2 amide bonds. The third-order valence-corrected chi connectivity index (χ3v) is 5.17. The number of carbonyl (C=O) groups is 2. The average Bonchev–Trinajstić information content (AvgIpc) is 3.00. The Morgan fingerprint density at radius 2 is 2.14 bits per heavy atom. The normalized spacial score (nSPS) is 31.9. The van der Waals surface area contributed by atoms with E-state index in [-0.39, 0.29) is 36.3 Å². The predicted molar refractivity (Wildman–Crippen MR) is 77.0 cm³/mol. The lowest BCUT2D eigenvalue weighted by Crippen LogP contribution is -2.43. The first-order chi connectivity index (χ1) is 10.5. The summed E-state index contributed by atoms with van der Waals surface area (Å²) < 4.78 is 0. The highest BCUT2D eigenvalue weighted by atomic mass is 16.6. The molecule has 4 rings (SSSR count). The topological polar surface area (TPSA) is 91.2 Å². The van der Waals surface area contributed by atoms with Gasteiger partial charge in [0.25, 0.3) is 5.91 Å². The molecule has 120 valence electrons. The number of likely N-dealkylation sites (tertiary alicyclic amines) is 1. The van der Waals surface area contributed by atoms with Crippen LogP contribution in [0.5, 0.6) is 0 Å². The summed E-state index contributed by atoms with van der Waals surface area (Å²) in [6, 6.07) is 0.279. The van der Waals surface area contributed by atoms with E-state index >= 15 is 0 Å². The fraction of sp³-hybridized carbons (Fsp3) is 0.800. The molecule has 7 nitrogen and oxygen atoms in total. The second kappa shape index (κ2) is 4.94. The molecule has 7 heteroatoms. The molecule has 3 fully saturated rings. The maximum absolute atomic E-state index is 12.3. The number of hydrogen-bond donors (Lipinski definition) is 2. The highest BCUT2D eigenvalue weighted by Gasteiger charge is 2.48. The fourth-order valence-corrected chi connectivity index (χ4v) is 3.39. The highest BCUT2D eigenvalue weighted by Crippen LogP contribution is 2.36. The Morgan fingerprint density at radius 1 is 1.36 bits per heavy atom. The minimum absolute atomic E-state index is 0.0536. The zero-order chi connectivity index (χ0) is 15.3. The third kappa shape index (κ3) is 2.47. The van der Waals surface area contributed by atoms with E-state index in [9.17, 15) is 14.7 Å². The quantitative estimate of drug-likeness (QED) is 0.751. The Bertz CT molecular complexity index is 539. The van der Waals surface area contributed by atoms with E-state index in [4.69, 9.17) is 4.84 Å². The van der Waals surface area contributed by atoms with Crippen molar-refractivity contribution in [2.24, 2.45) is 11.1 Å². The first-order valence-corrected chi connectivity index (χ1v) is 8.09. The van der Waals surface area contributed by atoms with Crippen molar-refractivity contribution in [1.82, 2.24) is 10.2 Å². The molecule has 0 aromatic heterocycles. The molecule has 2 aliphatic carbocycles. The van der Waals surface area contributed by atoms with E-state index in [0.717, 1.165) is 19.3 Å². The SMILES string of the molecule is O=C(NC1CC1)C1=NO[C@@H]2CN(C(=O)CC3(O)CCC3)C[C@H]12. The lowest BCUT2D eigenvalue weighted by atomic mass is 9.77. The van der Waals surface area contributed by atoms with Crippen LogP contribution in [0, 0.1) is 5.92 Å². The number of rotatable bonds is 4. The van der Waals surface area contributed by atoms with E-state index in [1.54, 1.807) is 4.90 Å². The van der Waals surface area contributed by atoms with E-state index in [2.05, 4.69) is 10.5 Å². The van der Waals surface area contributed by atoms with Gasteiger partial charge in [-0.25, -0.2) is 0 Å². The summed E-state index contributed by atoms with van der Waals surface area (Å²) >= 11 is 0. The minimum atomic E-state index is -0.810. The number of amides is 2. The van der Waals surface area contributed by atoms with Gasteiger partial charge in [-0.2, -0.15) is 0 Å². The second-order valence-corrected chi connectivity index (χ2v) is 7.03. The Kier molecular flexibility index (Phi) is 3.14. The van der Waals surface area contributed by atoms with Crippen LogP contribution in [0.4, 0.5) is 0 Å². The van der Waals surface area contributed by atoms with Gasteiger partial charge in [-0.3, -0.25) is 9.59 Å². The molecule has 0 aromatic rings. The molecule has 0 radical (unpaired) electrons. The number of hydrogen-bond acceptors (Lipinski definition) is 5. The van der Waals surface area contributed by atoms with E-state index < -0.39 is 5.60 Å². The lowest BCUT2D eigenvalue weighted by Gasteiger charge is -2.37. The summed E-state index contributed by atoms with van der Waals surface area (Å²) in [5.41, 5.74) is -0.398. The van der Waals surface area contributed by atoms with Gasteiger partial charge in [-0.1, -0.05) is 5.16 Å². The van der Waals surface area contributed by atoms with Crippen LogP contribution in [0.3, 0.4) is 0 Å². The number of nitrogens with one attached hydrogen (secondary N) is 1. The Morgan fingerprint density at radius 3 is 2.77 bits per heavy atom. The van der Waals surface area contributed by atoms with Crippen molar-refractivity contribution in [1.29, 1.82) is 0 Å². The van der Waals surface area contributed by atoms with Crippen molar-refractivity contribution < 1.29 is 19.5 Å². The number of fused-ring (bicyclic) bond motifs is 1. The second-order valence-electron chi connectivity index (χ2n) is 7.03. The molecule has 2 saturated carbocycles. The van der Waals surface area contributed by atoms with Gasteiger partial charge in [-0.05, 0) is 32.1 Å². The number of oxime groups is 1. The molecule has 2 N–H and O–H groups in total. The summed E-state index contributed by atoms with van der Waals surface area (Å²) in [4.78, 5) is 31.5. The van der Waals surface area contributed by atoms with Crippen molar-refractivity contribution >= 4 is 17.5 Å². The smallest absolute Gasteiger partial charge is 0.269 e. The fourth-order valence-electron chi connectivity index (χ4n) is 3.39. The van der Waals surface area contributed by atoms with Crippen LogP contribution in [0.15, 0.2) is 5.16 Å². The van der Waals surface area contributed by atoms with Gasteiger partial charge in [0.15, 0.2) is 11.8 Å².